The van der Waals surface area contributed by atoms with Gasteiger partial charge in [0.15, 0.2) is 5.75 Å². The van der Waals surface area contributed by atoms with Gasteiger partial charge in [-0.05, 0) is 12.1 Å². The van der Waals surface area contributed by atoms with Crippen molar-refractivity contribution in [1.82, 2.24) is 0 Å². The maximum Gasteiger partial charge on any atom is 0.461 e. The number of alkyl halides is 4. The van der Waals surface area contributed by atoms with Crippen molar-refractivity contribution < 1.29 is 27.4 Å². The lowest BCUT2D eigenvalue weighted by atomic mass is 10.3. The third kappa shape index (κ3) is 2.51. The molecular weight excluding hydrogens is 204 g/mol. The Bertz CT molecular complexity index is 314. The summed E-state index contributed by atoms with van der Waals surface area (Å²) in [6.45, 7) is 0. The van der Waals surface area contributed by atoms with Gasteiger partial charge in [-0.25, -0.2) is 0 Å². The minimum absolute atomic E-state index is 0.581. The van der Waals surface area contributed by atoms with E-state index >= 15 is 0 Å². The Hall–Kier alpha value is -1.46. The summed E-state index contributed by atoms with van der Waals surface area (Å²) in [5.41, 5.74) is 0. The first-order chi connectivity index (χ1) is 6.42. The molecule has 0 amide bonds. The van der Waals surface area contributed by atoms with Crippen molar-refractivity contribution in [2.24, 2.45) is 0 Å². The van der Waals surface area contributed by atoms with E-state index in [9.17, 15) is 22.7 Å². The Labute approximate surface area is 76.7 Å². The summed E-state index contributed by atoms with van der Waals surface area (Å²) >= 11 is 0. The molecule has 1 aromatic rings. The van der Waals surface area contributed by atoms with E-state index in [1.54, 1.807) is 0 Å². The molecule has 0 aromatic heterocycles. The first kappa shape index (κ1) is 10.6. The standard InChI is InChI=1S/C8H5F4O2/c9-7(10)8(11,12)14-6-3-1-2-5(13)4-6/h1-4,7H. The van der Waals surface area contributed by atoms with Crippen molar-refractivity contribution in [3.63, 3.8) is 0 Å². The molecule has 2 nitrogen and oxygen atoms in total. The molecule has 0 aliphatic heterocycles. The van der Waals surface area contributed by atoms with Gasteiger partial charge in [0.05, 0.1) is 0 Å². The Kier molecular flexibility index (Phi) is 2.83. The number of halogens is 4. The number of hydrogen-bond acceptors (Lipinski definition) is 1. The van der Waals surface area contributed by atoms with E-state index in [1.807, 2.05) is 0 Å². The topological polar surface area (TPSA) is 29.1 Å². The minimum Gasteiger partial charge on any atom is -0.428 e. The average molecular weight is 209 g/mol. The minimum atomic E-state index is -4.58. The van der Waals surface area contributed by atoms with Crippen molar-refractivity contribution in [3.05, 3.63) is 24.3 Å². The van der Waals surface area contributed by atoms with Crippen LogP contribution >= 0.6 is 0 Å². The molecule has 0 aliphatic rings. The summed E-state index contributed by atoms with van der Waals surface area (Å²) < 4.78 is 51.5. The van der Waals surface area contributed by atoms with Crippen LogP contribution in [0.2, 0.25) is 0 Å². The second kappa shape index (κ2) is 3.73. The van der Waals surface area contributed by atoms with Crippen LogP contribution < -0.4 is 4.74 Å². The van der Waals surface area contributed by atoms with E-state index in [2.05, 4.69) is 4.74 Å². The molecule has 0 aliphatic carbocycles. The van der Waals surface area contributed by atoms with Crippen molar-refractivity contribution in [2.45, 2.75) is 12.5 Å². The zero-order chi connectivity index (χ0) is 10.8. The number of hydrogen-bond donors (Lipinski definition) is 0. The van der Waals surface area contributed by atoms with Gasteiger partial charge >= 0.3 is 12.5 Å². The third-order valence-electron chi connectivity index (χ3n) is 1.31. The fourth-order valence-electron chi connectivity index (χ4n) is 0.739. The van der Waals surface area contributed by atoms with Crippen molar-refractivity contribution in [1.29, 1.82) is 0 Å². The quantitative estimate of drug-likeness (QED) is 0.703. The monoisotopic (exact) mass is 209 g/mol. The zero-order valence-electron chi connectivity index (χ0n) is 6.72. The van der Waals surface area contributed by atoms with Crippen molar-refractivity contribution >= 4 is 0 Å². The van der Waals surface area contributed by atoms with Crippen LogP contribution in [0.1, 0.15) is 0 Å². The maximum atomic E-state index is 12.3. The number of ether oxygens (including phenoxy) is 1. The highest BCUT2D eigenvalue weighted by molar-refractivity contribution is 5.31. The molecule has 14 heavy (non-hydrogen) atoms. The van der Waals surface area contributed by atoms with Crippen LogP contribution in [0, 0.1) is 0 Å². The Morgan fingerprint density at radius 1 is 1.29 bits per heavy atom. The fourth-order valence-corrected chi connectivity index (χ4v) is 0.739. The van der Waals surface area contributed by atoms with Gasteiger partial charge in [0.25, 0.3) is 0 Å². The van der Waals surface area contributed by atoms with Gasteiger partial charge in [-0.15, -0.1) is 0 Å². The van der Waals surface area contributed by atoms with Crippen LogP contribution in [0.4, 0.5) is 17.6 Å². The van der Waals surface area contributed by atoms with Crippen LogP contribution in [-0.4, -0.2) is 12.5 Å². The van der Waals surface area contributed by atoms with Gasteiger partial charge in [0.2, 0.25) is 0 Å². The van der Waals surface area contributed by atoms with Gasteiger partial charge in [-0.2, -0.15) is 17.6 Å². The molecule has 77 valence electrons. The zero-order valence-corrected chi connectivity index (χ0v) is 6.72. The smallest absolute Gasteiger partial charge is 0.428 e. The van der Waals surface area contributed by atoms with Gasteiger partial charge in [0.1, 0.15) is 5.75 Å². The van der Waals surface area contributed by atoms with Gasteiger partial charge in [0, 0.05) is 6.07 Å². The first-order valence-electron chi connectivity index (χ1n) is 3.54. The van der Waals surface area contributed by atoms with Crippen molar-refractivity contribution in [3.8, 4) is 11.5 Å². The molecule has 0 N–H and O–H groups in total. The van der Waals surface area contributed by atoms with E-state index in [4.69, 9.17) is 0 Å². The van der Waals surface area contributed by atoms with Gasteiger partial charge < -0.3 is 4.74 Å². The molecule has 0 unspecified atom stereocenters. The second-order valence-electron chi connectivity index (χ2n) is 2.44. The molecule has 1 aromatic carbocycles. The summed E-state index contributed by atoms with van der Waals surface area (Å²) in [5, 5.41) is 10.6. The van der Waals surface area contributed by atoms with E-state index in [0.29, 0.717) is 6.07 Å². The van der Waals surface area contributed by atoms with Crippen LogP contribution in [0.25, 0.3) is 0 Å². The normalized spacial score (nSPS) is 11.8. The highest BCUT2D eigenvalue weighted by atomic mass is 19.3. The van der Waals surface area contributed by atoms with E-state index in [-0.39, 0.29) is 0 Å². The molecule has 1 rings (SSSR count). The Balaban J connectivity index is 2.78. The average Bonchev–Trinajstić information content (AvgIpc) is 2.02. The summed E-state index contributed by atoms with van der Waals surface area (Å²) in [4.78, 5) is 0. The predicted octanol–water partition coefficient (Wildman–Crippen LogP) is 3.07. The molecule has 6 heteroatoms. The number of benzene rings is 1. The largest absolute Gasteiger partial charge is 0.461 e. The summed E-state index contributed by atoms with van der Waals surface area (Å²) in [6.07, 6.45) is -8.51. The Morgan fingerprint density at radius 3 is 2.43 bits per heavy atom. The molecule has 0 atom stereocenters. The lowest BCUT2D eigenvalue weighted by molar-refractivity contribution is -0.253. The van der Waals surface area contributed by atoms with Crippen LogP contribution in [0.3, 0.4) is 0 Å². The van der Waals surface area contributed by atoms with Gasteiger partial charge in [-0.1, -0.05) is 6.07 Å². The molecule has 0 bridgehead atoms. The van der Waals surface area contributed by atoms with E-state index < -0.39 is 24.0 Å². The SMILES string of the molecule is [O]c1cccc(OC(F)(F)C(F)F)c1. The van der Waals surface area contributed by atoms with Crippen LogP contribution in [-0.2, 0) is 5.11 Å². The summed E-state index contributed by atoms with van der Waals surface area (Å²) in [5.74, 6) is -1.17. The number of rotatable bonds is 3. The third-order valence-corrected chi connectivity index (χ3v) is 1.31. The van der Waals surface area contributed by atoms with Crippen molar-refractivity contribution in [2.75, 3.05) is 0 Å². The molecule has 0 saturated heterocycles. The predicted molar refractivity (Wildman–Crippen MR) is 38.2 cm³/mol. The van der Waals surface area contributed by atoms with Crippen LogP contribution in [0.5, 0.6) is 11.5 Å². The molecular formula is C8H5F4O2. The fraction of sp³-hybridized carbons (Fsp3) is 0.250. The molecule has 0 fully saturated rings. The first-order valence-corrected chi connectivity index (χ1v) is 3.54. The van der Waals surface area contributed by atoms with E-state index in [1.165, 1.54) is 0 Å². The summed E-state index contributed by atoms with van der Waals surface area (Å²) in [6, 6.07) is 3.93. The van der Waals surface area contributed by atoms with Crippen LogP contribution in [0.15, 0.2) is 24.3 Å². The van der Waals surface area contributed by atoms with E-state index in [0.717, 1.165) is 18.2 Å². The molecule has 1 radical (unpaired) electrons. The highest BCUT2D eigenvalue weighted by Gasteiger charge is 2.43. The Morgan fingerprint density at radius 2 is 1.93 bits per heavy atom. The molecule has 0 heterocycles. The molecule has 0 saturated carbocycles. The lowest BCUT2D eigenvalue weighted by Gasteiger charge is -2.16. The summed E-state index contributed by atoms with van der Waals surface area (Å²) in [7, 11) is 0. The highest BCUT2D eigenvalue weighted by Crippen LogP contribution is 2.28. The second-order valence-corrected chi connectivity index (χ2v) is 2.44. The van der Waals surface area contributed by atoms with Gasteiger partial charge in [-0.3, -0.25) is 5.11 Å². The molecule has 0 spiro atoms. The maximum absolute atomic E-state index is 12.3. The lowest BCUT2D eigenvalue weighted by Crippen LogP contribution is -2.33.